The number of hydrogen-bond donors (Lipinski definition) is 0. The molecule has 0 saturated carbocycles. The van der Waals surface area contributed by atoms with Crippen LogP contribution in [-0.4, -0.2) is 20.6 Å². The first-order chi connectivity index (χ1) is 7.63. The average molecular weight is 230 g/mol. The molecule has 0 heterocycles. The molecule has 0 aromatic heterocycles. The zero-order valence-corrected chi connectivity index (χ0v) is 9.74. The van der Waals surface area contributed by atoms with Crippen LogP contribution in [0.5, 0.6) is 0 Å². The van der Waals surface area contributed by atoms with E-state index in [9.17, 15) is 8.42 Å². The van der Waals surface area contributed by atoms with Crippen LogP contribution < -0.4 is 0 Å². The van der Waals surface area contributed by atoms with Gasteiger partial charge in [-0.05, 0) is 0 Å². The van der Waals surface area contributed by atoms with Crippen LogP contribution in [-0.2, 0) is 9.84 Å². The summed E-state index contributed by atoms with van der Waals surface area (Å²) < 4.78 is 23.6. The number of hydrogen-bond acceptors (Lipinski definition) is 2. The second-order valence-corrected chi connectivity index (χ2v) is 5.36. The molecule has 0 atom stereocenters. The molecule has 0 aliphatic heterocycles. The first kappa shape index (κ1) is 11.1. The Hall–Kier alpha value is -1.42. The van der Waals surface area contributed by atoms with Crippen molar-refractivity contribution in [2.75, 3.05) is 0 Å². The Kier molecular flexibility index (Phi) is 2.92. The van der Waals surface area contributed by atoms with Gasteiger partial charge >= 0.3 is 95.4 Å². The Morgan fingerprint density at radius 1 is 1.06 bits per heavy atom. The van der Waals surface area contributed by atoms with Crippen LogP contribution >= 0.6 is 0 Å². The molecule has 16 heavy (non-hydrogen) atoms. The molecule has 0 saturated heterocycles. The van der Waals surface area contributed by atoms with Crippen molar-refractivity contribution < 1.29 is 8.42 Å². The third-order valence-electron chi connectivity index (χ3n) is 2.36. The van der Waals surface area contributed by atoms with E-state index in [0.717, 1.165) is 10.8 Å². The first-order valence-corrected chi connectivity index (χ1v) is 6.55. The molecule has 2 nitrogen and oxygen atoms in total. The Balaban J connectivity index is 2.64. The van der Waals surface area contributed by atoms with E-state index < -0.39 is 9.84 Å². The minimum atomic E-state index is -3.28. The molecule has 0 radical (unpaired) electrons. The molecule has 0 amide bonds. The monoisotopic (exact) mass is 230 g/mol. The van der Waals surface area contributed by atoms with Crippen molar-refractivity contribution in [3.63, 3.8) is 0 Å². The van der Waals surface area contributed by atoms with E-state index in [1.54, 1.807) is 19.0 Å². The van der Waals surface area contributed by atoms with Crippen molar-refractivity contribution in [1.29, 1.82) is 0 Å². The van der Waals surface area contributed by atoms with E-state index in [2.05, 4.69) is 0 Å². The van der Waals surface area contributed by atoms with Crippen molar-refractivity contribution in [1.82, 2.24) is 0 Å². The summed E-state index contributed by atoms with van der Waals surface area (Å²) >= 11 is 0. The van der Waals surface area contributed by atoms with E-state index >= 15 is 0 Å². The van der Waals surface area contributed by atoms with Gasteiger partial charge in [-0.3, -0.25) is 0 Å². The summed E-state index contributed by atoms with van der Waals surface area (Å²) in [5.74, 6) is 0. The van der Waals surface area contributed by atoms with Crippen LogP contribution in [0, 0.1) is 0 Å². The van der Waals surface area contributed by atoms with Crippen LogP contribution in [0.4, 0.5) is 0 Å². The topological polar surface area (TPSA) is 34.1 Å². The summed E-state index contributed by atoms with van der Waals surface area (Å²) in [6.45, 7) is 3.23. The predicted octanol–water partition coefficient (Wildman–Crippen LogP) is 2.13. The van der Waals surface area contributed by atoms with Crippen molar-refractivity contribution >= 4 is 32.8 Å². The maximum atomic E-state index is 11.8. The SMILES string of the molecule is CB=CS(=O)(=O)c1ccc2ccccc2c1. The molecule has 4 heteroatoms. The normalized spacial score (nSPS) is 11.8. The summed E-state index contributed by atoms with van der Waals surface area (Å²) in [6.07, 6.45) is 0. The van der Waals surface area contributed by atoms with E-state index in [0.29, 0.717) is 4.90 Å². The second-order valence-electron chi connectivity index (χ2n) is 3.52. The molecule has 0 fully saturated rings. The number of sulfone groups is 1. The van der Waals surface area contributed by atoms with Gasteiger partial charge in [0, 0.05) is 0 Å². The fourth-order valence-electron chi connectivity index (χ4n) is 1.60. The van der Waals surface area contributed by atoms with Gasteiger partial charge < -0.3 is 0 Å². The molecule has 0 unspecified atom stereocenters. The molecular weight excluding hydrogens is 219 g/mol. The molecule has 2 rings (SSSR count). The zero-order chi connectivity index (χ0) is 11.6. The second kappa shape index (κ2) is 4.22. The molecule has 0 bridgehead atoms. The summed E-state index contributed by atoms with van der Waals surface area (Å²) in [5.41, 5.74) is 0. The summed E-state index contributed by atoms with van der Waals surface area (Å²) in [6, 6.07) is 12.9. The average Bonchev–Trinajstić information content (AvgIpc) is 2.28. The van der Waals surface area contributed by atoms with Crippen molar-refractivity contribution in [3.05, 3.63) is 42.5 Å². The van der Waals surface area contributed by atoms with Crippen molar-refractivity contribution in [3.8, 4) is 0 Å². The van der Waals surface area contributed by atoms with Crippen LogP contribution in [0.15, 0.2) is 47.4 Å². The molecule has 0 aliphatic rings. The van der Waals surface area contributed by atoms with Crippen molar-refractivity contribution in [2.45, 2.75) is 11.7 Å². The molecule has 0 spiro atoms. The minimum absolute atomic E-state index is 0.337. The standard InChI is InChI=1S/C12H11BO2S/c1-13-9-16(14,15)12-7-6-10-4-2-3-5-11(10)8-12/h2-9H,1H3. The summed E-state index contributed by atoms with van der Waals surface area (Å²) in [4.78, 5) is 0.337. The van der Waals surface area contributed by atoms with Gasteiger partial charge in [0.1, 0.15) is 0 Å². The van der Waals surface area contributed by atoms with E-state index in [4.69, 9.17) is 0 Å². The third-order valence-corrected chi connectivity index (χ3v) is 3.91. The zero-order valence-electron chi connectivity index (χ0n) is 8.92. The summed E-state index contributed by atoms with van der Waals surface area (Å²) in [5, 5.41) is 3.20. The molecule has 80 valence electrons. The van der Waals surface area contributed by atoms with Gasteiger partial charge in [-0.15, -0.1) is 0 Å². The van der Waals surface area contributed by atoms with Gasteiger partial charge in [0.25, 0.3) is 0 Å². The Morgan fingerprint density at radius 3 is 2.44 bits per heavy atom. The number of rotatable bonds is 2. The fourth-order valence-corrected chi connectivity index (χ4v) is 2.67. The Morgan fingerprint density at radius 2 is 1.75 bits per heavy atom. The first-order valence-electron chi connectivity index (χ1n) is 5.00. The van der Waals surface area contributed by atoms with Gasteiger partial charge in [-0.2, -0.15) is 0 Å². The molecular formula is C12H11BO2S. The van der Waals surface area contributed by atoms with Crippen LogP contribution in [0.2, 0.25) is 6.82 Å². The third kappa shape index (κ3) is 2.07. The van der Waals surface area contributed by atoms with Gasteiger partial charge in [0.15, 0.2) is 0 Å². The fraction of sp³-hybridized carbons (Fsp3) is 0.0833. The molecule has 0 aliphatic carbocycles. The van der Waals surface area contributed by atoms with Crippen LogP contribution in [0.1, 0.15) is 0 Å². The quantitative estimate of drug-likeness (QED) is 0.740. The molecule has 0 N–H and O–H groups in total. The maximum absolute atomic E-state index is 11.8. The number of benzene rings is 2. The number of fused-ring (bicyclic) bond motifs is 1. The molecule has 2 aromatic carbocycles. The summed E-state index contributed by atoms with van der Waals surface area (Å²) in [7, 11) is -3.28. The van der Waals surface area contributed by atoms with E-state index in [1.807, 2.05) is 30.3 Å². The van der Waals surface area contributed by atoms with Crippen molar-refractivity contribution in [2.24, 2.45) is 0 Å². The van der Waals surface area contributed by atoms with Gasteiger partial charge in [-0.25, -0.2) is 0 Å². The van der Waals surface area contributed by atoms with Crippen LogP contribution in [0.3, 0.4) is 0 Å². The van der Waals surface area contributed by atoms with E-state index in [-0.39, 0.29) is 0 Å². The van der Waals surface area contributed by atoms with E-state index in [1.165, 1.54) is 12.2 Å². The predicted molar refractivity (Wildman–Crippen MR) is 68.8 cm³/mol. The molecule has 2 aromatic rings. The Bertz CT molecular complexity index is 645. The van der Waals surface area contributed by atoms with Gasteiger partial charge in [0.2, 0.25) is 0 Å². The van der Waals surface area contributed by atoms with Gasteiger partial charge in [-0.1, -0.05) is 0 Å². The Labute approximate surface area is 95.7 Å². The van der Waals surface area contributed by atoms with Gasteiger partial charge in [0.05, 0.1) is 0 Å². The van der Waals surface area contributed by atoms with Crippen LogP contribution in [0.25, 0.3) is 10.8 Å².